The number of carbonyl (C=O) groups excluding carboxylic acids is 1. The Kier molecular flexibility index (Phi) is 3.46. The van der Waals surface area contributed by atoms with Crippen LogP contribution in [-0.2, 0) is 4.79 Å². The molecular weight excluding hydrogens is 322 g/mol. The molecule has 0 spiro atoms. The SMILES string of the molecule is O=C1CCN(c2c(Br)cccc2Br)CC1. The summed E-state index contributed by atoms with van der Waals surface area (Å²) in [6, 6.07) is 6.04. The number of carbonyl (C=O) groups is 1. The Morgan fingerprint density at radius 1 is 1.07 bits per heavy atom. The molecule has 15 heavy (non-hydrogen) atoms. The number of hydrogen-bond donors (Lipinski definition) is 0. The smallest absolute Gasteiger partial charge is 0.136 e. The van der Waals surface area contributed by atoms with Gasteiger partial charge in [-0.15, -0.1) is 0 Å². The van der Waals surface area contributed by atoms with Crippen molar-refractivity contribution in [2.75, 3.05) is 18.0 Å². The van der Waals surface area contributed by atoms with E-state index in [1.54, 1.807) is 0 Å². The third-order valence-corrected chi connectivity index (χ3v) is 3.85. The summed E-state index contributed by atoms with van der Waals surface area (Å²) in [5, 5.41) is 0. The van der Waals surface area contributed by atoms with E-state index < -0.39 is 0 Å². The van der Waals surface area contributed by atoms with Crippen LogP contribution in [0.15, 0.2) is 27.1 Å². The molecule has 0 radical (unpaired) electrons. The molecule has 1 aliphatic rings. The molecule has 1 aromatic carbocycles. The molecule has 1 heterocycles. The van der Waals surface area contributed by atoms with Crippen molar-refractivity contribution < 1.29 is 4.79 Å². The van der Waals surface area contributed by atoms with Crippen molar-refractivity contribution in [2.45, 2.75) is 12.8 Å². The van der Waals surface area contributed by atoms with Gasteiger partial charge < -0.3 is 4.90 Å². The molecule has 0 aliphatic carbocycles. The second-order valence-corrected chi connectivity index (χ2v) is 5.30. The van der Waals surface area contributed by atoms with E-state index in [1.807, 2.05) is 18.2 Å². The molecule has 1 aromatic rings. The highest BCUT2D eigenvalue weighted by Gasteiger charge is 2.19. The third kappa shape index (κ3) is 2.42. The predicted octanol–water partition coefficient (Wildman–Crippen LogP) is 3.38. The first-order valence-corrected chi connectivity index (χ1v) is 6.48. The van der Waals surface area contributed by atoms with Crippen LogP contribution in [-0.4, -0.2) is 18.9 Å². The van der Waals surface area contributed by atoms with Gasteiger partial charge in [0, 0.05) is 34.9 Å². The summed E-state index contributed by atoms with van der Waals surface area (Å²) in [5.41, 5.74) is 1.16. The van der Waals surface area contributed by atoms with E-state index in [1.165, 1.54) is 0 Å². The second kappa shape index (κ2) is 4.66. The van der Waals surface area contributed by atoms with Crippen LogP contribution in [0, 0.1) is 0 Å². The monoisotopic (exact) mass is 331 g/mol. The standard InChI is InChI=1S/C11H11Br2NO/c12-9-2-1-3-10(13)11(9)14-6-4-8(15)5-7-14/h1-3H,4-7H2. The molecule has 0 saturated carbocycles. The van der Waals surface area contributed by atoms with Crippen molar-refractivity contribution in [2.24, 2.45) is 0 Å². The highest BCUT2D eigenvalue weighted by atomic mass is 79.9. The minimum atomic E-state index is 0.370. The number of anilines is 1. The van der Waals surface area contributed by atoms with E-state index >= 15 is 0 Å². The highest BCUT2D eigenvalue weighted by molar-refractivity contribution is 9.11. The molecule has 2 nitrogen and oxygen atoms in total. The predicted molar refractivity (Wildman–Crippen MR) is 68.3 cm³/mol. The van der Waals surface area contributed by atoms with Crippen molar-refractivity contribution in [1.29, 1.82) is 0 Å². The van der Waals surface area contributed by atoms with Crippen LogP contribution < -0.4 is 4.90 Å². The summed E-state index contributed by atoms with van der Waals surface area (Å²) in [7, 11) is 0. The van der Waals surface area contributed by atoms with Crippen LogP contribution in [0.25, 0.3) is 0 Å². The van der Waals surface area contributed by atoms with Gasteiger partial charge in [0.1, 0.15) is 5.78 Å². The van der Waals surface area contributed by atoms with Crippen LogP contribution in [0.3, 0.4) is 0 Å². The minimum absolute atomic E-state index is 0.370. The molecule has 1 saturated heterocycles. The van der Waals surface area contributed by atoms with Gasteiger partial charge in [-0.05, 0) is 44.0 Å². The summed E-state index contributed by atoms with van der Waals surface area (Å²) in [6.45, 7) is 1.64. The maximum atomic E-state index is 11.2. The van der Waals surface area contributed by atoms with Crippen molar-refractivity contribution in [3.63, 3.8) is 0 Å². The number of ketones is 1. The van der Waals surface area contributed by atoms with Crippen LogP contribution in [0.4, 0.5) is 5.69 Å². The molecule has 0 bridgehead atoms. The number of nitrogens with zero attached hydrogens (tertiary/aromatic N) is 1. The largest absolute Gasteiger partial charge is 0.369 e. The number of halogens is 2. The Morgan fingerprint density at radius 3 is 2.13 bits per heavy atom. The Labute approximate surface area is 106 Å². The molecule has 80 valence electrons. The van der Waals surface area contributed by atoms with Gasteiger partial charge in [-0.2, -0.15) is 0 Å². The lowest BCUT2D eigenvalue weighted by molar-refractivity contribution is -0.119. The van der Waals surface area contributed by atoms with E-state index in [-0.39, 0.29) is 0 Å². The lowest BCUT2D eigenvalue weighted by atomic mass is 10.1. The van der Waals surface area contributed by atoms with Gasteiger partial charge in [-0.25, -0.2) is 0 Å². The van der Waals surface area contributed by atoms with Crippen molar-refractivity contribution in [3.05, 3.63) is 27.1 Å². The molecule has 1 aliphatic heterocycles. The zero-order chi connectivity index (χ0) is 10.8. The first-order chi connectivity index (χ1) is 7.18. The Bertz CT molecular complexity index is 362. The van der Waals surface area contributed by atoms with E-state index in [9.17, 15) is 4.79 Å². The number of hydrogen-bond acceptors (Lipinski definition) is 2. The molecule has 0 unspecified atom stereocenters. The van der Waals surface area contributed by atoms with Crippen LogP contribution in [0.2, 0.25) is 0 Å². The normalized spacial score (nSPS) is 16.9. The topological polar surface area (TPSA) is 20.3 Å². The summed E-state index contributed by atoms with van der Waals surface area (Å²) >= 11 is 7.08. The van der Waals surface area contributed by atoms with Crippen molar-refractivity contribution in [3.8, 4) is 0 Å². The van der Waals surface area contributed by atoms with Gasteiger partial charge in [0.15, 0.2) is 0 Å². The average Bonchev–Trinajstić information content (AvgIpc) is 2.20. The zero-order valence-corrected chi connectivity index (χ0v) is 11.3. The molecule has 0 N–H and O–H groups in total. The van der Waals surface area contributed by atoms with E-state index in [0.717, 1.165) is 27.7 Å². The summed E-state index contributed by atoms with van der Waals surface area (Å²) in [5.74, 6) is 0.370. The zero-order valence-electron chi connectivity index (χ0n) is 8.17. The van der Waals surface area contributed by atoms with Crippen LogP contribution in [0.5, 0.6) is 0 Å². The lowest BCUT2D eigenvalue weighted by Crippen LogP contribution is -2.34. The second-order valence-electron chi connectivity index (χ2n) is 3.60. The summed E-state index contributed by atoms with van der Waals surface area (Å²) in [4.78, 5) is 13.4. The first-order valence-electron chi connectivity index (χ1n) is 4.89. The number of benzene rings is 1. The number of para-hydroxylation sites is 1. The summed E-state index contributed by atoms with van der Waals surface area (Å²) in [6.07, 6.45) is 1.32. The molecule has 0 aromatic heterocycles. The van der Waals surface area contributed by atoms with Gasteiger partial charge in [-0.1, -0.05) is 6.07 Å². The Morgan fingerprint density at radius 2 is 1.60 bits per heavy atom. The van der Waals surface area contributed by atoms with Crippen LogP contribution >= 0.6 is 31.9 Å². The maximum Gasteiger partial charge on any atom is 0.136 e. The molecule has 2 rings (SSSR count). The molecular formula is C11H11Br2NO. The van der Waals surface area contributed by atoms with Gasteiger partial charge in [-0.3, -0.25) is 4.79 Å². The Hall–Kier alpha value is -0.350. The minimum Gasteiger partial charge on any atom is -0.369 e. The van der Waals surface area contributed by atoms with Gasteiger partial charge in [0.2, 0.25) is 0 Å². The fourth-order valence-corrected chi connectivity index (χ4v) is 3.27. The molecule has 4 heteroatoms. The van der Waals surface area contributed by atoms with Gasteiger partial charge in [0.25, 0.3) is 0 Å². The molecule has 1 fully saturated rings. The van der Waals surface area contributed by atoms with Gasteiger partial charge >= 0.3 is 0 Å². The fourth-order valence-electron chi connectivity index (χ4n) is 1.77. The van der Waals surface area contributed by atoms with E-state index in [4.69, 9.17) is 0 Å². The highest BCUT2D eigenvalue weighted by Crippen LogP contribution is 2.35. The van der Waals surface area contributed by atoms with E-state index in [0.29, 0.717) is 18.6 Å². The van der Waals surface area contributed by atoms with Gasteiger partial charge in [0.05, 0.1) is 5.69 Å². The first kappa shape index (κ1) is 11.1. The summed E-state index contributed by atoms with van der Waals surface area (Å²) < 4.78 is 2.15. The van der Waals surface area contributed by atoms with Crippen LogP contribution in [0.1, 0.15) is 12.8 Å². The van der Waals surface area contributed by atoms with Crippen molar-refractivity contribution in [1.82, 2.24) is 0 Å². The maximum absolute atomic E-state index is 11.2. The fraction of sp³-hybridized carbons (Fsp3) is 0.364. The Balaban J connectivity index is 2.26. The van der Waals surface area contributed by atoms with E-state index in [2.05, 4.69) is 36.8 Å². The molecule has 0 atom stereocenters. The quantitative estimate of drug-likeness (QED) is 0.785. The molecule has 0 amide bonds. The lowest BCUT2D eigenvalue weighted by Gasteiger charge is -2.29. The van der Waals surface area contributed by atoms with Crippen molar-refractivity contribution >= 4 is 43.3 Å². The number of rotatable bonds is 1. The average molecular weight is 333 g/mol. The third-order valence-electron chi connectivity index (χ3n) is 2.57. The number of Topliss-reactive ketones (excluding diaryl/α,β-unsaturated/α-hetero) is 1. The number of piperidine rings is 1.